The lowest BCUT2D eigenvalue weighted by molar-refractivity contribution is 0.0950. The summed E-state index contributed by atoms with van der Waals surface area (Å²) in [5.41, 5.74) is 3.73. The van der Waals surface area contributed by atoms with Gasteiger partial charge in [0.25, 0.3) is 5.91 Å². The summed E-state index contributed by atoms with van der Waals surface area (Å²) in [6.07, 6.45) is 3.19. The molecule has 1 N–H and O–H groups in total. The second kappa shape index (κ2) is 5.96. The Bertz CT molecular complexity index is 797. The molecular weight excluding hydrogens is 262 g/mol. The third-order valence-electron chi connectivity index (χ3n) is 3.05. The number of carbonyl (C=O) groups excluding carboxylic acids is 1. The van der Waals surface area contributed by atoms with Gasteiger partial charge in [-0.15, -0.1) is 0 Å². The Kier molecular flexibility index (Phi) is 3.69. The van der Waals surface area contributed by atoms with Gasteiger partial charge in [0.05, 0.1) is 6.21 Å². The van der Waals surface area contributed by atoms with Gasteiger partial charge in [-0.1, -0.05) is 42.5 Å². The second-order valence-electron chi connectivity index (χ2n) is 4.52. The number of hydrazone groups is 1. The van der Waals surface area contributed by atoms with Crippen LogP contribution in [0.3, 0.4) is 0 Å². The van der Waals surface area contributed by atoms with Gasteiger partial charge in [0, 0.05) is 6.20 Å². The molecule has 0 aliphatic carbocycles. The smallest absolute Gasteiger partial charge is 0.266 e. The van der Waals surface area contributed by atoms with E-state index in [0.717, 1.165) is 10.9 Å². The Labute approximate surface area is 122 Å². The number of pyridine rings is 1. The molecule has 0 unspecified atom stereocenters. The van der Waals surface area contributed by atoms with Crippen molar-refractivity contribution in [2.45, 2.75) is 0 Å². The zero-order valence-corrected chi connectivity index (χ0v) is 11.2. The molecule has 4 nitrogen and oxygen atoms in total. The summed E-state index contributed by atoms with van der Waals surface area (Å²) in [6, 6.07) is 19.3. The van der Waals surface area contributed by atoms with Crippen molar-refractivity contribution in [3.63, 3.8) is 0 Å². The number of nitrogens with one attached hydrogen (secondary N) is 1. The number of aromatic nitrogens is 1. The number of rotatable bonds is 3. The van der Waals surface area contributed by atoms with E-state index in [1.807, 2.05) is 36.4 Å². The van der Waals surface area contributed by atoms with E-state index < -0.39 is 0 Å². The second-order valence-corrected chi connectivity index (χ2v) is 4.52. The van der Waals surface area contributed by atoms with Crippen LogP contribution in [0.5, 0.6) is 0 Å². The quantitative estimate of drug-likeness (QED) is 0.590. The summed E-state index contributed by atoms with van der Waals surface area (Å²) < 4.78 is 0. The lowest BCUT2D eigenvalue weighted by atomic mass is 10.1. The lowest BCUT2D eigenvalue weighted by Crippen LogP contribution is -2.18. The molecule has 0 spiro atoms. The zero-order valence-electron chi connectivity index (χ0n) is 11.2. The van der Waals surface area contributed by atoms with Crippen molar-refractivity contribution in [3.8, 4) is 0 Å². The van der Waals surface area contributed by atoms with Gasteiger partial charge in [0.15, 0.2) is 0 Å². The molecule has 1 heterocycles. The number of nitrogens with zero attached hydrogens (tertiary/aromatic N) is 2. The van der Waals surface area contributed by atoms with Crippen LogP contribution in [-0.4, -0.2) is 17.1 Å². The van der Waals surface area contributed by atoms with Crippen molar-refractivity contribution in [1.29, 1.82) is 0 Å². The van der Waals surface area contributed by atoms with Gasteiger partial charge in [-0.25, -0.2) is 5.43 Å². The largest absolute Gasteiger partial charge is 0.289 e. The lowest BCUT2D eigenvalue weighted by Gasteiger charge is -2.00. The van der Waals surface area contributed by atoms with Gasteiger partial charge in [0.2, 0.25) is 0 Å². The summed E-state index contributed by atoms with van der Waals surface area (Å²) in [5.74, 6) is -0.326. The summed E-state index contributed by atoms with van der Waals surface area (Å²) in [5, 5.41) is 6.27. The van der Waals surface area contributed by atoms with Crippen LogP contribution in [0.4, 0.5) is 0 Å². The molecule has 3 rings (SSSR count). The molecule has 1 amide bonds. The molecule has 0 aliphatic heterocycles. The first kappa shape index (κ1) is 13.0. The molecule has 1 aromatic heterocycles. The van der Waals surface area contributed by atoms with Crippen molar-refractivity contribution in [2.24, 2.45) is 5.10 Å². The van der Waals surface area contributed by atoms with E-state index >= 15 is 0 Å². The van der Waals surface area contributed by atoms with E-state index in [1.165, 1.54) is 5.39 Å². The molecule has 0 fully saturated rings. The molecular formula is C17H13N3O. The highest BCUT2D eigenvalue weighted by Gasteiger charge is 2.03. The Balaban J connectivity index is 1.71. The van der Waals surface area contributed by atoms with Crippen molar-refractivity contribution in [1.82, 2.24) is 10.4 Å². The van der Waals surface area contributed by atoms with Crippen LogP contribution in [0, 0.1) is 0 Å². The zero-order chi connectivity index (χ0) is 14.5. The Hall–Kier alpha value is -3.01. The maximum Gasteiger partial charge on any atom is 0.289 e. The van der Waals surface area contributed by atoms with Crippen molar-refractivity contribution in [2.75, 3.05) is 0 Å². The number of benzene rings is 2. The van der Waals surface area contributed by atoms with E-state index in [0.29, 0.717) is 5.69 Å². The summed E-state index contributed by atoms with van der Waals surface area (Å²) in [4.78, 5) is 15.7. The maximum absolute atomic E-state index is 11.8. The predicted octanol–water partition coefficient (Wildman–Crippen LogP) is 3.00. The third kappa shape index (κ3) is 3.12. The Morgan fingerprint density at radius 1 is 1.00 bits per heavy atom. The standard InChI is InChI=1S/C17H13N3O/c21-17(16-7-3-4-10-18-16)20-19-12-13-8-9-14-5-1-2-6-15(14)11-13/h1-12H,(H,20,21)/b19-12-. The average Bonchev–Trinajstić information content (AvgIpc) is 2.55. The number of hydrogen-bond acceptors (Lipinski definition) is 3. The first-order valence-electron chi connectivity index (χ1n) is 6.56. The molecule has 21 heavy (non-hydrogen) atoms. The molecule has 0 saturated carbocycles. The van der Waals surface area contributed by atoms with Gasteiger partial charge in [-0.3, -0.25) is 9.78 Å². The number of carbonyl (C=O) groups is 1. The van der Waals surface area contributed by atoms with E-state index in [4.69, 9.17) is 0 Å². The van der Waals surface area contributed by atoms with Crippen LogP contribution < -0.4 is 5.43 Å². The number of fused-ring (bicyclic) bond motifs is 1. The van der Waals surface area contributed by atoms with E-state index in [1.54, 1.807) is 30.6 Å². The fourth-order valence-electron chi connectivity index (χ4n) is 2.01. The third-order valence-corrected chi connectivity index (χ3v) is 3.05. The minimum absolute atomic E-state index is 0.326. The maximum atomic E-state index is 11.8. The van der Waals surface area contributed by atoms with E-state index in [2.05, 4.69) is 21.6 Å². The van der Waals surface area contributed by atoms with Crippen LogP contribution in [-0.2, 0) is 0 Å². The van der Waals surface area contributed by atoms with Crippen molar-refractivity contribution in [3.05, 3.63) is 78.1 Å². The topological polar surface area (TPSA) is 54.4 Å². The van der Waals surface area contributed by atoms with Crippen molar-refractivity contribution < 1.29 is 4.79 Å². The van der Waals surface area contributed by atoms with E-state index in [9.17, 15) is 4.79 Å². The summed E-state index contributed by atoms with van der Waals surface area (Å²) in [6.45, 7) is 0. The Morgan fingerprint density at radius 2 is 1.81 bits per heavy atom. The van der Waals surface area contributed by atoms with Crippen LogP contribution >= 0.6 is 0 Å². The molecule has 4 heteroatoms. The fourth-order valence-corrected chi connectivity index (χ4v) is 2.01. The number of hydrogen-bond donors (Lipinski definition) is 1. The molecule has 102 valence electrons. The van der Waals surface area contributed by atoms with Gasteiger partial charge in [-0.2, -0.15) is 5.10 Å². The predicted molar refractivity (Wildman–Crippen MR) is 83.2 cm³/mol. The highest BCUT2D eigenvalue weighted by atomic mass is 16.2. The summed E-state index contributed by atoms with van der Waals surface area (Å²) in [7, 11) is 0. The molecule has 0 atom stereocenters. The van der Waals surface area contributed by atoms with Crippen LogP contribution in [0.2, 0.25) is 0 Å². The molecule has 0 aliphatic rings. The molecule has 0 saturated heterocycles. The van der Waals surface area contributed by atoms with Crippen LogP contribution in [0.1, 0.15) is 16.1 Å². The first-order chi connectivity index (χ1) is 10.3. The van der Waals surface area contributed by atoms with Crippen LogP contribution in [0.15, 0.2) is 72.0 Å². The molecule has 0 bridgehead atoms. The minimum atomic E-state index is -0.326. The highest BCUT2D eigenvalue weighted by molar-refractivity contribution is 5.94. The Morgan fingerprint density at radius 3 is 2.62 bits per heavy atom. The van der Waals surface area contributed by atoms with Crippen molar-refractivity contribution >= 4 is 22.9 Å². The van der Waals surface area contributed by atoms with Gasteiger partial charge < -0.3 is 0 Å². The normalized spacial score (nSPS) is 10.9. The average molecular weight is 275 g/mol. The number of amides is 1. The SMILES string of the molecule is O=C(N/N=C\c1ccc2ccccc2c1)c1ccccn1. The monoisotopic (exact) mass is 275 g/mol. The molecule has 3 aromatic rings. The van der Waals surface area contributed by atoms with Gasteiger partial charge >= 0.3 is 0 Å². The molecule has 0 radical (unpaired) electrons. The first-order valence-corrected chi connectivity index (χ1v) is 6.56. The van der Waals surface area contributed by atoms with Gasteiger partial charge in [0.1, 0.15) is 5.69 Å². The van der Waals surface area contributed by atoms with E-state index in [-0.39, 0.29) is 5.91 Å². The molecule has 2 aromatic carbocycles. The van der Waals surface area contributed by atoms with Gasteiger partial charge in [-0.05, 0) is 34.5 Å². The highest BCUT2D eigenvalue weighted by Crippen LogP contribution is 2.14. The van der Waals surface area contributed by atoms with Crippen LogP contribution in [0.25, 0.3) is 10.8 Å². The summed E-state index contributed by atoms with van der Waals surface area (Å²) >= 11 is 0. The fraction of sp³-hybridized carbons (Fsp3) is 0. The minimum Gasteiger partial charge on any atom is -0.266 e.